The summed E-state index contributed by atoms with van der Waals surface area (Å²) in [6.45, 7) is 2.65. The number of rotatable bonds is 4. The number of aromatic carboxylic acids is 1. The first kappa shape index (κ1) is 12.2. The molecule has 0 aliphatic rings. The van der Waals surface area contributed by atoms with Crippen molar-refractivity contribution in [1.29, 1.82) is 0 Å². The fourth-order valence-electron chi connectivity index (χ4n) is 1.65. The van der Waals surface area contributed by atoms with E-state index in [9.17, 15) is 4.79 Å². The molecule has 1 heterocycles. The van der Waals surface area contributed by atoms with Gasteiger partial charge in [0.1, 0.15) is 6.26 Å². The first-order chi connectivity index (χ1) is 8.58. The molecule has 0 radical (unpaired) electrons. The van der Waals surface area contributed by atoms with Crippen molar-refractivity contribution in [3.8, 4) is 0 Å². The van der Waals surface area contributed by atoms with Crippen LogP contribution in [0.5, 0.6) is 0 Å². The summed E-state index contributed by atoms with van der Waals surface area (Å²) in [7, 11) is 1.81. The number of benzene rings is 1. The Bertz CT molecular complexity index is 563. The molecule has 94 valence electrons. The molecule has 0 spiro atoms. The van der Waals surface area contributed by atoms with Gasteiger partial charge in [-0.25, -0.2) is 4.79 Å². The smallest absolute Gasteiger partial charge is 0.357 e. The number of anilines is 1. The van der Waals surface area contributed by atoms with E-state index in [1.165, 1.54) is 5.56 Å². The zero-order valence-corrected chi connectivity index (χ0v) is 10.3. The highest BCUT2D eigenvalue weighted by molar-refractivity contribution is 5.85. The summed E-state index contributed by atoms with van der Waals surface area (Å²) in [4.78, 5) is 16.4. The van der Waals surface area contributed by atoms with Gasteiger partial charge in [-0.3, -0.25) is 0 Å². The van der Waals surface area contributed by atoms with Crippen molar-refractivity contribution >= 4 is 12.0 Å². The van der Waals surface area contributed by atoms with Crippen LogP contribution in [-0.2, 0) is 6.54 Å². The van der Waals surface area contributed by atoms with E-state index < -0.39 is 5.97 Å². The Morgan fingerprint density at radius 1 is 1.44 bits per heavy atom. The highest BCUT2D eigenvalue weighted by Gasteiger charge is 2.14. The molecule has 0 fully saturated rings. The number of oxazole rings is 1. The molecule has 0 amide bonds. The Kier molecular flexibility index (Phi) is 3.32. The van der Waals surface area contributed by atoms with Crippen LogP contribution in [0.2, 0.25) is 0 Å². The second-order valence-corrected chi connectivity index (χ2v) is 4.10. The second kappa shape index (κ2) is 4.91. The Morgan fingerprint density at radius 2 is 2.17 bits per heavy atom. The van der Waals surface area contributed by atoms with E-state index in [4.69, 9.17) is 9.52 Å². The minimum atomic E-state index is -1.09. The van der Waals surface area contributed by atoms with Gasteiger partial charge in [0.25, 0.3) is 6.01 Å². The third kappa shape index (κ3) is 2.51. The van der Waals surface area contributed by atoms with Crippen LogP contribution in [0, 0.1) is 6.92 Å². The lowest BCUT2D eigenvalue weighted by Gasteiger charge is -2.15. The van der Waals surface area contributed by atoms with Crippen molar-refractivity contribution in [2.75, 3.05) is 11.9 Å². The zero-order valence-electron chi connectivity index (χ0n) is 10.3. The van der Waals surface area contributed by atoms with Crippen molar-refractivity contribution < 1.29 is 14.3 Å². The van der Waals surface area contributed by atoms with Crippen LogP contribution in [0.25, 0.3) is 0 Å². The fourth-order valence-corrected chi connectivity index (χ4v) is 1.65. The molecule has 1 aromatic carbocycles. The molecule has 2 rings (SSSR count). The molecular formula is C13H14N2O3. The standard InChI is InChI=1S/C13H14N2O3/c1-9-5-3-4-6-10(9)7-15(2)13-14-11(8-18-13)12(16)17/h3-6,8H,7H2,1-2H3,(H,16,17). The number of carbonyl (C=O) groups is 1. The minimum Gasteiger partial charge on any atom is -0.476 e. The number of hydrogen-bond donors (Lipinski definition) is 1. The van der Waals surface area contributed by atoms with E-state index in [-0.39, 0.29) is 5.69 Å². The van der Waals surface area contributed by atoms with Crippen LogP contribution in [0.3, 0.4) is 0 Å². The van der Waals surface area contributed by atoms with Gasteiger partial charge >= 0.3 is 5.97 Å². The van der Waals surface area contributed by atoms with Gasteiger partial charge in [0.2, 0.25) is 0 Å². The van der Waals surface area contributed by atoms with Gasteiger partial charge in [0, 0.05) is 13.6 Å². The molecule has 0 aliphatic carbocycles. The SMILES string of the molecule is Cc1ccccc1CN(C)c1nc(C(=O)O)co1. The number of hydrogen-bond acceptors (Lipinski definition) is 4. The quantitative estimate of drug-likeness (QED) is 0.896. The average Bonchev–Trinajstić information content (AvgIpc) is 2.81. The predicted molar refractivity (Wildman–Crippen MR) is 66.7 cm³/mol. The third-order valence-electron chi connectivity index (χ3n) is 2.71. The van der Waals surface area contributed by atoms with Crippen LogP contribution in [0.1, 0.15) is 21.6 Å². The molecule has 0 atom stereocenters. The Hall–Kier alpha value is -2.30. The van der Waals surface area contributed by atoms with Crippen LogP contribution < -0.4 is 4.90 Å². The van der Waals surface area contributed by atoms with Crippen LogP contribution >= 0.6 is 0 Å². The molecule has 18 heavy (non-hydrogen) atoms. The summed E-state index contributed by atoms with van der Waals surface area (Å²) >= 11 is 0. The van der Waals surface area contributed by atoms with E-state index in [2.05, 4.69) is 4.98 Å². The molecule has 0 saturated carbocycles. The number of carboxylic acid groups (broad SMARTS) is 1. The number of aryl methyl sites for hydroxylation is 1. The first-order valence-corrected chi connectivity index (χ1v) is 5.52. The number of nitrogens with zero attached hydrogens (tertiary/aromatic N) is 2. The molecular weight excluding hydrogens is 232 g/mol. The maximum absolute atomic E-state index is 10.7. The van der Waals surface area contributed by atoms with Gasteiger partial charge < -0.3 is 14.4 Å². The van der Waals surface area contributed by atoms with Crippen molar-refractivity contribution in [1.82, 2.24) is 4.98 Å². The van der Waals surface area contributed by atoms with E-state index in [1.807, 2.05) is 38.2 Å². The monoisotopic (exact) mass is 246 g/mol. The largest absolute Gasteiger partial charge is 0.476 e. The maximum Gasteiger partial charge on any atom is 0.357 e. The van der Waals surface area contributed by atoms with Gasteiger partial charge in [-0.2, -0.15) is 4.98 Å². The molecule has 0 bridgehead atoms. The second-order valence-electron chi connectivity index (χ2n) is 4.10. The summed E-state index contributed by atoms with van der Waals surface area (Å²) in [6.07, 6.45) is 1.14. The summed E-state index contributed by atoms with van der Waals surface area (Å²) in [6, 6.07) is 8.30. The lowest BCUT2D eigenvalue weighted by atomic mass is 10.1. The summed E-state index contributed by atoms with van der Waals surface area (Å²) < 4.78 is 5.13. The Labute approximate surface area is 105 Å². The van der Waals surface area contributed by atoms with E-state index in [0.717, 1.165) is 11.8 Å². The van der Waals surface area contributed by atoms with Gasteiger partial charge in [-0.1, -0.05) is 24.3 Å². The van der Waals surface area contributed by atoms with Crippen molar-refractivity contribution in [2.24, 2.45) is 0 Å². The van der Waals surface area contributed by atoms with Gasteiger partial charge in [0.05, 0.1) is 0 Å². The zero-order chi connectivity index (χ0) is 13.1. The molecule has 5 heteroatoms. The lowest BCUT2D eigenvalue weighted by molar-refractivity contribution is 0.0690. The molecule has 0 saturated heterocycles. The summed E-state index contributed by atoms with van der Waals surface area (Å²) in [5.74, 6) is -1.09. The molecule has 0 aliphatic heterocycles. The lowest BCUT2D eigenvalue weighted by Crippen LogP contribution is -2.17. The number of carboxylic acids is 1. The highest BCUT2D eigenvalue weighted by Crippen LogP contribution is 2.16. The van der Waals surface area contributed by atoms with Gasteiger partial charge in [0.15, 0.2) is 5.69 Å². The highest BCUT2D eigenvalue weighted by atomic mass is 16.4. The molecule has 1 aromatic heterocycles. The van der Waals surface area contributed by atoms with Crippen LogP contribution in [-0.4, -0.2) is 23.1 Å². The van der Waals surface area contributed by atoms with Crippen molar-refractivity contribution in [3.05, 3.63) is 47.3 Å². The minimum absolute atomic E-state index is 0.0818. The molecule has 2 aromatic rings. The normalized spacial score (nSPS) is 10.3. The first-order valence-electron chi connectivity index (χ1n) is 5.52. The van der Waals surface area contributed by atoms with Gasteiger partial charge in [-0.05, 0) is 18.1 Å². The average molecular weight is 246 g/mol. The number of aromatic nitrogens is 1. The topological polar surface area (TPSA) is 66.6 Å². The van der Waals surface area contributed by atoms with Crippen molar-refractivity contribution in [2.45, 2.75) is 13.5 Å². The summed E-state index contributed by atoms with van der Waals surface area (Å²) in [5.41, 5.74) is 2.24. The Morgan fingerprint density at radius 3 is 2.78 bits per heavy atom. The molecule has 1 N–H and O–H groups in total. The van der Waals surface area contributed by atoms with Crippen LogP contribution in [0.15, 0.2) is 34.9 Å². The Balaban J connectivity index is 2.14. The van der Waals surface area contributed by atoms with Crippen molar-refractivity contribution in [3.63, 3.8) is 0 Å². The fraction of sp³-hybridized carbons (Fsp3) is 0.231. The van der Waals surface area contributed by atoms with Gasteiger partial charge in [-0.15, -0.1) is 0 Å². The summed E-state index contributed by atoms with van der Waals surface area (Å²) in [5, 5.41) is 8.77. The predicted octanol–water partition coefficient (Wildman–Crippen LogP) is 2.32. The van der Waals surface area contributed by atoms with Crippen LogP contribution in [0.4, 0.5) is 6.01 Å². The van der Waals surface area contributed by atoms with E-state index in [0.29, 0.717) is 12.6 Å². The molecule has 0 unspecified atom stereocenters. The molecule has 5 nitrogen and oxygen atoms in total. The third-order valence-corrected chi connectivity index (χ3v) is 2.71. The van der Waals surface area contributed by atoms with E-state index in [1.54, 1.807) is 4.90 Å². The van der Waals surface area contributed by atoms with E-state index >= 15 is 0 Å². The maximum atomic E-state index is 10.7.